The van der Waals surface area contributed by atoms with Crippen molar-refractivity contribution in [3.63, 3.8) is 0 Å². The van der Waals surface area contributed by atoms with E-state index in [0.29, 0.717) is 5.75 Å². The summed E-state index contributed by atoms with van der Waals surface area (Å²) in [5, 5.41) is 0.00202. The van der Waals surface area contributed by atoms with E-state index in [-0.39, 0.29) is 26.8 Å². The van der Waals surface area contributed by atoms with Crippen LogP contribution in [0.4, 0.5) is 0 Å². The Morgan fingerprint density at radius 2 is 1.69 bits per heavy atom. The maximum atomic E-state index is 12.4. The van der Waals surface area contributed by atoms with Gasteiger partial charge in [-0.05, 0) is 30.3 Å². The fourth-order valence-electron chi connectivity index (χ4n) is 2.35. The molecule has 0 atom stereocenters. The first kappa shape index (κ1) is 22.7. The van der Waals surface area contributed by atoms with E-state index in [0.717, 1.165) is 10.4 Å². The zero-order valence-corrected chi connectivity index (χ0v) is 17.8. The summed E-state index contributed by atoms with van der Waals surface area (Å²) in [5.41, 5.74) is 0.0419. The van der Waals surface area contributed by atoms with E-state index in [9.17, 15) is 18.0 Å². The number of ketones is 1. The molecule has 156 valence electrons. The zero-order chi connectivity index (χ0) is 21.8. The van der Waals surface area contributed by atoms with Crippen LogP contribution in [0.25, 0.3) is 0 Å². The minimum atomic E-state index is -3.77. The third-order valence-electron chi connectivity index (χ3n) is 3.98. The number of Topliss-reactive ketones (excluding diaryl/α,β-unsaturated/α-hetero) is 1. The van der Waals surface area contributed by atoms with Gasteiger partial charge < -0.3 is 14.2 Å². The van der Waals surface area contributed by atoms with E-state index in [1.165, 1.54) is 52.6 Å². The molecule has 0 spiro atoms. The average Bonchev–Trinajstić information content (AvgIpc) is 2.71. The summed E-state index contributed by atoms with van der Waals surface area (Å²) < 4.78 is 40.8. The van der Waals surface area contributed by atoms with Crippen LogP contribution in [0.2, 0.25) is 5.02 Å². The molecule has 29 heavy (non-hydrogen) atoms. The molecule has 0 unspecified atom stereocenters. The standard InChI is InChI=1S/C19H20ClNO7S/c1-21(2)29(24,25)13-6-8-16(20)15(10-13)19(23)28-11-17(22)14-7-5-12(26-3)9-18(14)27-4/h5-10H,11H2,1-4H3. The third-order valence-corrected chi connectivity index (χ3v) is 6.12. The zero-order valence-electron chi connectivity index (χ0n) is 16.3. The van der Waals surface area contributed by atoms with Crippen molar-refractivity contribution < 1.29 is 32.2 Å². The van der Waals surface area contributed by atoms with E-state index in [1.54, 1.807) is 6.07 Å². The molecular formula is C19H20ClNO7S. The SMILES string of the molecule is COc1ccc(C(=O)COC(=O)c2cc(S(=O)(=O)N(C)C)ccc2Cl)c(OC)c1. The normalized spacial score (nSPS) is 11.2. The van der Waals surface area contributed by atoms with Crippen LogP contribution in [0.3, 0.4) is 0 Å². The van der Waals surface area contributed by atoms with E-state index in [2.05, 4.69) is 0 Å². The van der Waals surface area contributed by atoms with Crippen molar-refractivity contribution in [1.29, 1.82) is 0 Å². The first-order valence-corrected chi connectivity index (χ1v) is 10.1. The van der Waals surface area contributed by atoms with Gasteiger partial charge in [0.25, 0.3) is 0 Å². The monoisotopic (exact) mass is 441 g/mol. The van der Waals surface area contributed by atoms with Crippen LogP contribution in [-0.4, -0.2) is 59.4 Å². The first-order chi connectivity index (χ1) is 13.6. The second-order valence-electron chi connectivity index (χ2n) is 5.99. The Hall–Kier alpha value is -2.62. The second-order valence-corrected chi connectivity index (χ2v) is 8.55. The number of benzene rings is 2. The highest BCUT2D eigenvalue weighted by Crippen LogP contribution is 2.26. The summed E-state index contributed by atoms with van der Waals surface area (Å²) in [4.78, 5) is 24.7. The molecule has 0 aromatic heterocycles. The maximum Gasteiger partial charge on any atom is 0.340 e. The molecule has 10 heteroatoms. The van der Waals surface area contributed by atoms with Crippen LogP contribution in [0, 0.1) is 0 Å². The summed E-state index contributed by atoms with van der Waals surface area (Å²) >= 11 is 6.01. The number of carbonyl (C=O) groups is 2. The van der Waals surface area contributed by atoms with E-state index in [4.69, 9.17) is 25.8 Å². The number of hydrogen-bond acceptors (Lipinski definition) is 7. The highest BCUT2D eigenvalue weighted by atomic mass is 35.5. The summed E-state index contributed by atoms with van der Waals surface area (Å²) in [6.45, 7) is -0.581. The molecule has 2 aromatic carbocycles. The highest BCUT2D eigenvalue weighted by Gasteiger charge is 2.22. The molecule has 0 bridgehead atoms. The number of halogens is 1. The van der Waals surface area contributed by atoms with Gasteiger partial charge in [0.15, 0.2) is 6.61 Å². The molecule has 0 aliphatic heterocycles. The van der Waals surface area contributed by atoms with Crippen molar-refractivity contribution in [2.75, 3.05) is 34.9 Å². The summed E-state index contributed by atoms with van der Waals surface area (Å²) in [6, 6.07) is 8.26. The summed E-state index contributed by atoms with van der Waals surface area (Å²) in [6.07, 6.45) is 0. The quantitative estimate of drug-likeness (QED) is 0.458. The van der Waals surface area contributed by atoms with Gasteiger partial charge in [0.2, 0.25) is 15.8 Å². The van der Waals surface area contributed by atoms with Crippen LogP contribution in [0.15, 0.2) is 41.3 Å². The van der Waals surface area contributed by atoms with Gasteiger partial charge in [0.1, 0.15) is 11.5 Å². The first-order valence-electron chi connectivity index (χ1n) is 8.26. The Morgan fingerprint density at radius 3 is 2.28 bits per heavy atom. The van der Waals surface area contributed by atoms with Crippen LogP contribution in [0.1, 0.15) is 20.7 Å². The smallest absolute Gasteiger partial charge is 0.340 e. The Labute approximate surface area is 174 Å². The number of carbonyl (C=O) groups excluding carboxylic acids is 2. The van der Waals surface area contributed by atoms with Gasteiger partial charge in [-0.15, -0.1) is 0 Å². The number of esters is 1. The predicted octanol–water partition coefficient (Wildman–Crippen LogP) is 2.65. The van der Waals surface area contributed by atoms with Gasteiger partial charge in [0.05, 0.1) is 35.3 Å². The molecule has 0 aliphatic rings. The Bertz CT molecular complexity index is 1030. The molecular weight excluding hydrogens is 422 g/mol. The van der Waals surface area contributed by atoms with Gasteiger partial charge in [-0.2, -0.15) is 0 Å². The Kier molecular flexibility index (Phi) is 7.23. The van der Waals surface area contributed by atoms with Crippen LogP contribution in [0.5, 0.6) is 11.5 Å². The van der Waals surface area contributed by atoms with Crippen molar-refractivity contribution >= 4 is 33.4 Å². The highest BCUT2D eigenvalue weighted by molar-refractivity contribution is 7.89. The number of sulfonamides is 1. The van der Waals surface area contributed by atoms with Crippen molar-refractivity contribution in [1.82, 2.24) is 4.31 Å². The van der Waals surface area contributed by atoms with Gasteiger partial charge in [0, 0.05) is 20.2 Å². The van der Waals surface area contributed by atoms with E-state index < -0.39 is 28.4 Å². The lowest BCUT2D eigenvalue weighted by atomic mass is 10.1. The van der Waals surface area contributed by atoms with Gasteiger partial charge in [-0.3, -0.25) is 4.79 Å². The number of rotatable bonds is 8. The van der Waals surface area contributed by atoms with E-state index >= 15 is 0 Å². The fourth-order valence-corrected chi connectivity index (χ4v) is 3.47. The average molecular weight is 442 g/mol. The molecule has 0 saturated heterocycles. The molecule has 2 aromatic rings. The minimum absolute atomic E-state index is 0.00202. The molecule has 2 rings (SSSR count). The van der Waals surface area contributed by atoms with Gasteiger partial charge in [-0.1, -0.05) is 11.6 Å². The molecule has 0 amide bonds. The molecule has 0 fully saturated rings. The molecule has 0 aliphatic carbocycles. The molecule has 8 nitrogen and oxygen atoms in total. The molecule has 0 N–H and O–H groups in total. The van der Waals surface area contributed by atoms with E-state index in [1.807, 2.05) is 0 Å². The number of nitrogens with zero attached hydrogens (tertiary/aromatic N) is 1. The Balaban J connectivity index is 2.20. The summed E-state index contributed by atoms with van der Waals surface area (Å²) in [7, 11) is 1.84. The second kappa shape index (κ2) is 9.25. The number of hydrogen-bond donors (Lipinski definition) is 0. The van der Waals surface area contributed by atoms with Crippen LogP contribution >= 0.6 is 11.6 Å². The Morgan fingerprint density at radius 1 is 1.00 bits per heavy atom. The minimum Gasteiger partial charge on any atom is -0.497 e. The maximum absolute atomic E-state index is 12.4. The van der Waals surface area contributed by atoms with Crippen molar-refractivity contribution in [3.05, 3.63) is 52.5 Å². The van der Waals surface area contributed by atoms with Crippen molar-refractivity contribution in [2.24, 2.45) is 0 Å². The largest absolute Gasteiger partial charge is 0.497 e. The van der Waals surface area contributed by atoms with Crippen molar-refractivity contribution in [2.45, 2.75) is 4.90 Å². The molecule has 0 radical (unpaired) electrons. The van der Waals surface area contributed by atoms with Gasteiger partial charge >= 0.3 is 5.97 Å². The van der Waals surface area contributed by atoms with Crippen LogP contribution < -0.4 is 9.47 Å². The van der Waals surface area contributed by atoms with Crippen LogP contribution in [-0.2, 0) is 14.8 Å². The topological polar surface area (TPSA) is 99.2 Å². The summed E-state index contributed by atoms with van der Waals surface area (Å²) in [5.74, 6) is -0.665. The number of ether oxygens (including phenoxy) is 3. The lowest BCUT2D eigenvalue weighted by Gasteiger charge is -2.13. The molecule has 0 saturated carbocycles. The predicted molar refractivity (Wildman–Crippen MR) is 106 cm³/mol. The number of methoxy groups -OCH3 is 2. The lowest BCUT2D eigenvalue weighted by Crippen LogP contribution is -2.22. The van der Waals surface area contributed by atoms with Gasteiger partial charge in [-0.25, -0.2) is 17.5 Å². The van der Waals surface area contributed by atoms with Crippen molar-refractivity contribution in [3.8, 4) is 11.5 Å². The molecule has 0 heterocycles. The third kappa shape index (κ3) is 5.06. The fraction of sp³-hybridized carbons (Fsp3) is 0.263. The lowest BCUT2D eigenvalue weighted by molar-refractivity contribution is 0.0474.